The predicted octanol–water partition coefficient (Wildman–Crippen LogP) is 3.05. The van der Waals surface area contributed by atoms with E-state index in [0.717, 1.165) is 23.7 Å². The van der Waals surface area contributed by atoms with Gasteiger partial charge >= 0.3 is 0 Å². The molecule has 2 aliphatic rings. The standard InChI is InChI=1S/C16H24N2O/c1-10-7-16(19)11(2)6-15(10)17-13-8-12(3)18(9-13)14-4-5-14/h6-7,12-14,17,19H,4-5,8-9H2,1-3H3. The number of aromatic hydroxyl groups is 1. The van der Waals surface area contributed by atoms with Crippen LogP contribution in [0.25, 0.3) is 0 Å². The van der Waals surface area contributed by atoms with Crippen molar-refractivity contribution < 1.29 is 5.11 Å². The number of nitrogens with zero attached hydrogens (tertiary/aromatic N) is 1. The van der Waals surface area contributed by atoms with E-state index in [-0.39, 0.29) is 0 Å². The molecule has 3 rings (SSSR count). The van der Waals surface area contributed by atoms with Crippen LogP contribution in [0.3, 0.4) is 0 Å². The van der Waals surface area contributed by atoms with Gasteiger partial charge in [-0.05, 0) is 63.3 Å². The number of aryl methyl sites for hydroxylation is 2. The van der Waals surface area contributed by atoms with Crippen molar-refractivity contribution in [2.24, 2.45) is 0 Å². The summed E-state index contributed by atoms with van der Waals surface area (Å²) in [6.45, 7) is 7.51. The van der Waals surface area contributed by atoms with E-state index >= 15 is 0 Å². The maximum absolute atomic E-state index is 9.71. The number of benzene rings is 1. The highest BCUT2D eigenvalue weighted by Gasteiger charge is 2.38. The maximum atomic E-state index is 9.71. The van der Waals surface area contributed by atoms with Gasteiger partial charge in [0.15, 0.2) is 0 Å². The van der Waals surface area contributed by atoms with Gasteiger partial charge in [-0.25, -0.2) is 0 Å². The Bertz CT molecular complexity index is 482. The third kappa shape index (κ3) is 2.57. The summed E-state index contributed by atoms with van der Waals surface area (Å²) in [4.78, 5) is 2.65. The van der Waals surface area contributed by atoms with Gasteiger partial charge in [0.2, 0.25) is 0 Å². The van der Waals surface area contributed by atoms with E-state index in [2.05, 4.69) is 30.1 Å². The summed E-state index contributed by atoms with van der Waals surface area (Å²) >= 11 is 0. The third-order valence-electron chi connectivity index (χ3n) is 4.54. The first-order valence-corrected chi connectivity index (χ1v) is 7.37. The third-order valence-corrected chi connectivity index (χ3v) is 4.54. The molecule has 2 N–H and O–H groups in total. The topological polar surface area (TPSA) is 35.5 Å². The van der Waals surface area contributed by atoms with Gasteiger partial charge < -0.3 is 10.4 Å². The highest BCUT2D eigenvalue weighted by atomic mass is 16.3. The van der Waals surface area contributed by atoms with E-state index in [4.69, 9.17) is 0 Å². The molecule has 1 aliphatic heterocycles. The molecular weight excluding hydrogens is 236 g/mol. The molecule has 1 aromatic rings. The summed E-state index contributed by atoms with van der Waals surface area (Å²) in [5.41, 5.74) is 3.24. The molecule has 1 saturated carbocycles. The highest BCUT2D eigenvalue weighted by molar-refractivity contribution is 5.57. The first-order valence-electron chi connectivity index (χ1n) is 7.37. The van der Waals surface area contributed by atoms with Crippen LogP contribution in [0.5, 0.6) is 5.75 Å². The fourth-order valence-corrected chi connectivity index (χ4v) is 3.25. The molecule has 1 saturated heterocycles. The summed E-state index contributed by atoms with van der Waals surface area (Å²) in [5.74, 6) is 0.391. The first kappa shape index (κ1) is 12.8. The van der Waals surface area contributed by atoms with Gasteiger partial charge in [0.1, 0.15) is 5.75 Å². The van der Waals surface area contributed by atoms with Crippen LogP contribution in [0.4, 0.5) is 5.69 Å². The predicted molar refractivity (Wildman–Crippen MR) is 78.8 cm³/mol. The molecule has 3 heteroatoms. The van der Waals surface area contributed by atoms with Crippen LogP contribution < -0.4 is 5.32 Å². The Morgan fingerprint density at radius 2 is 1.95 bits per heavy atom. The van der Waals surface area contributed by atoms with Crippen LogP contribution in [0, 0.1) is 13.8 Å². The number of hydrogen-bond donors (Lipinski definition) is 2. The van der Waals surface area contributed by atoms with Crippen molar-refractivity contribution in [1.29, 1.82) is 0 Å². The molecule has 2 unspecified atom stereocenters. The van der Waals surface area contributed by atoms with Crippen LogP contribution in [-0.4, -0.2) is 34.7 Å². The smallest absolute Gasteiger partial charge is 0.118 e. The second kappa shape index (κ2) is 4.71. The molecule has 2 fully saturated rings. The zero-order valence-corrected chi connectivity index (χ0v) is 12.1. The Balaban J connectivity index is 1.70. The Morgan fingerprint density at radius 3 is 2.63 bits per heavy atom. The van der Waals surface area contributed by atoms with Crippen molar-refractivity contribution in [3.8, 4) is 5.75 Å². The number of hydrogen-bond acceptors (Lipinski definition) is 3. The van der Waals surface area contributed by atoms with Crippen LogP contribution in [0.15, 0.2) is 12.1 Å². The minimum Gasteiger partial charge on any atom is -0.508 e. The normalized spacial score (nSPS) is 27.7. The zero-order chi connectivity index (χ0) is 13.6. The molecule has 3 nitrogen and oxygen atoms in total. The molecule has 0 spiro atoms. The average molecular weight is 260 g/mol. The van der Waals surface area contributed by atoms with E-state index in [1.54, 1.807) is 0 Å². The quantitative estimate of drug-likeness (QED) is 0.820. The summed E-state index contributed by atoms with van der Waals surface area (Å²) < 4.78 is 0. The van der Waals surface area contributed by atoms with Gasteiger partial charge in [0, 0.05) is 30.4 Å². The van der Waals surface area contributed by atoms with E-state index in [1.807, 2.05) is 13.0 Å². The molecule has 19 heavy (non-hydrogen) atoms. The number of likely N-dealkylation sites (tertiary alicyclic amines) is 1. The van der Waals surface area contributed by atoms with Gasteiger partial charge in [-0.1, -0.05) is 0 Å². The molecule has 0 amide bonds. The molecule has 1 heterocycles. The lowest BCUT2D eigenvalue weighted by molar-refractivity contribution is 0.257. The number of rotatable bonds is 3. The fourth-order valence-electron chi connectivity index (χ4n) is 3.25. The lowest BCUT2D eigenvalue weighted by Crippen LogP contribution is -2.31. The van der Waals surface area contributed by atoms with E-state index in [1.165, 1.54) is 24.9 Å². The van der Waals surface area contributed by atoms with E-state index in [9.17, 15) is 5.11 Å². The number of nitrogens with one attached hydrogen (secondary N) is 1. The zero-order valence-electron chi connectivity index (χ0n) is 12.1. The Labute approximate surface area is 115 Å². The van der Waals surface area contributed by atoms with Gasteiger partial charge in [0.05, 0.1) is 0 Å². The van der Waals surface area contributed by atoms with Crippen LogP contribution in [0.2, 0.25) is 0 Å². The van der Waals surface area contributed by atoms with Crippen molar-refractivity contribution in [2.75, 3.05) is 11.9 Å². The molecule has 104 valence electrons. The molecule has 2 atom stereocenters. The SMILES string of the molecule is Cc1cc(NC2CC(C)N(C3CC3)C2)c(C)cc1O. The fraction of sp³-hybridized carbons (Fsp3) is 0.625. The summed E-state index contributed by atoms with van der Waals surface area (Å²) in [6.07, 6.45) is 3.98. The maximum Gasteiger partial charge on any atom is 0.118 e. The second-order valence-electron chi connectivity index (χ2n) is 6.31. The lowest BCUT2D eigenvalue weighted by Gasteiger charge is -2.20. The van der Waals surface area contributed by atoms with E-state index < -0.39 is 0 Å². The van der Waals surface area contributed by atoms with Crippen molar-refractivity contribution in [2.45, 2.75) is 58.2 Å². The van der Waals surface area contributed by atoms with Gasteiger partial charge in [-0.3, -0.25) is 4.90 Å². The summed E-state index contributed by atoms with van der Waals surface area (Å²) in [7, 11) is 0. The first-order chi connectivity index (χ1) is 9.04. The lowest BCUT2D eigenvalue weighted by atomic mass is 10.1. The molecule has 0 bridgehead atoms. The average Bonchev–Trinajstić information content (AvgIpc) is 3.11. The number of phenols is 1. The van der Waals surface area contributed by atoms with Gasteiger partial charge in [0.25, 0.3) is 0 Å². The van der Waals surface area contributed by atoms with Crippen molar-refractivity contribution >= 4 is 5.69 Å². The second-order valence-corrected chi connectivity index (χ2v) is 6.31. The Hall–Kier alpha value is -1.22. The minimum absolute atomic E-state index is 0.391. The van der Waals surface area contributed by atoms with Crippen LogP contribution in [0.1, 0.15) is 37.3 Å². The molecule has 1 aliphatic carbocycles. The highest BCUT2D eigenvalue weighted by Crippen LogP contribution is 2.34. The largest absolute Gasteiger partial charge is 0.508 e. The number of phenolic OH excluding ortho intramolecular Hbond substituents is 1. The molecule has 1 aromatic carbocycles. The summed E-state index contributed by atoms with van der Waals surface area (Å²) in [6, 6.07) is 6.01. The molecule has 0 radical (unpaired) electrons. The Kier molecular flexibility index (Phi) is 3.17. The Morgan fingerprint density at radius 1 is 1.21 bits per heavy atom. The van der Waals surface area contributed by atoms with Crippen LogP contribution >= 0.6 is 0 Å². The van der Waals surface area contributed by atoms with Gasteiger partial charge in [-0.2, -0.15) is 0 Å². The van der Waals surface area contributed by atoms with Crippen molar-refractivity contribution in [3.05, 3.63) is 23.3 Å². The van der Waals surface area contributed by atoms with Crippen molar-refractivity contribution in [1.82, 2.24) is 4.90 Å². The van der Waals surface area contributed by atoms with Gasteiger partial charge in [-0.15, -0.1) is 0 Å². The van der Waals surface area contributed by atoms with Crippen LogP contribution in [-0.2, 0) is 0 Å². The molecular formula is C16H24N2O. The summed E-state index contributed by atoms with van der Waals surface area (Å²) in [5, 5.41) is 13.4. The minimum atomic E-state index is 0.391. The van der Waals surface area contributed by atoms with E-state index in [0.29, 0.717) is 17.8 Å². The monoisotopic (exact) mass is 260 g/mol. The molecule has 0 aromatic heterocycles. The van der Waals surface area contributed by atoms with Crippen molar-refractivity contribution in [3.63, 3.8) is 0 Å². The number of anilines is 1.